The molecule has 0 radical (unpaired) electrons. The zero-order valence-electron chi connectivity index (χ0n) is 30.0. The summed E-state index contributed by atoms with van der Waals surface area (Å²) in [6.07, 6.45) is 1.35. The Balaban J connectivity index is 2.21. The van der Waals surface area contributed by atoms with E-state index in [0.29, 0.717) is 6.54 Å². The van der Waals surface area contributed by atoms with E-state index in [1.54, 1.807) is 26.2 Å². The van der Waals surface area contributed by atoms with Gasteiger partial charge in [0.2, 0.25) is 23.6 Å². The maximum absolute atomic E-state index is 14.0. The summed E-state index contributed by atoms with van der Waals surface area (Å²) in [6.45, 7) is 15.8. The van der Waals surface area contributed by atoms with Crippen molar-refractivity contribution in [1.29, 1.82) is 0 Å². The number of nitrogens with zero attached hydrogens (tertiary/aromatic N) is 2. The molecular weight excluding hydrogens is 584 g/mol. The average Bonchev–Trinajstić information content (AvgIpc) is 3.52. The van der Waals surface area contributed by atoms with Crippen molar-refractivity contribution in [3.63, 3.8) is 0 Å². The topological polar surface area (TPSA) is 117 Å². The summed E-state index contributed by atoms with van der Waals surface area (Å²) < 4.78 is 11.9. The molecule has 10 nitrogen and oxygen atoms in total. The third-order valence-electron chi connectivity index (χ3n) is 10.00. The van der Waals surface area contributed by atoms with Crippen LogP contribution in [0.1, 0.15) is 92.6 Å². The number of methoxy groups -OCH3 is 2. The van der Waals surface area contributed by atoms with Gasteiger partial charge >= 0.3 is 0 Å². The van der Waals surface area contributed by atoms with Gasteiger partial charge in [-0.25, -0.2) is 0 Å². The van der Waals surface area contributed by atoms with E-state index < -0.39 is 30.2 Å². The molecule has 1 fully saturated rings. The monoisotopic (exact) mass is 644 g/mol. The van der Waals surface area contributed by atoms with Crippen LogP contribution in [0.25, 0.3) is 0 Å². The van der Waals surface area contributed by atoms with Crippen LogP contribution in [0, 0.1) is 17.8 Å². The van der Waals surface area contributed by atoms with Gasteiger partial charge in [0.05, 0.1) is 36.6 Å². The van der Waals surface area contributed by atoms with Crippen molar-refractivity contribution in [3.05, 3.63) is 35.9 Å². The van der Waals surface area contributed by atoms with Crippen LogP contribution >= 0.6 is 0 Å². The molecule has 1 heterocycles. The van der Waals surface area contributed by atoms with Gasteiger partial charge < -0.3 is 29.9 Å². The second kappa shape index (κ2) is 18.4. The highest BCUT2D eigenvalue weighted by molar-refractivity contribution is 5.87. The zero-order chi connectivity index (χ0) is 34.7. The summed E-state index contributed by atoms with van der Waals surface area (Å²) in [6, 6.07) is 8.69. The second-order valence-corrected chi connectivity index (χ2v) is 13.5. The predicted octanol–water partition coefficient (Wildman–Crippen LogP) is 4.38. The molecule has 260 valence electrons. The Kier molecular flexibility index (Phi) is 15.7. The minimum Gasteiger partial charge on any atom is -0.379 e. The summed E-state index contributed by atoms with van der Waals surface area (Å²) in [4.78, 5) is 56.5. The van der Waals surface area contributed by atoms with Crippen LogP contribution in [0.5, 0.6) is 0 Å². The van der Waals surface area contributed by atoms with Crippen LogP contribution in [-0.4, -0.2) is 97.6 Å². The van der Waals surface area contributed by atoms with E-state index in [1.165, 1.54) is 6.92 Å². The van der Waals surface area contributed by atoms with Crippen molar-refractivity contribution in [3.8, 4) is 0 Å². The van der Waals surface area contributed by atoms with Crippen LogP contribution in [0.4, 0.5) is 0 Å². The van der Waals surface area contributed by atoms with Gasteiger partial charge in [0.15, 0.2) is 0 Å². The molecule has 9 unspecified atom stereocenters. The molecule has 1 aliphatic rings. The fraction of sp³-hybridized carbons (Fsp3) is 0.722. The Bertz CT molecular complexity index is 1130. The predicted molar refractivity (Wildman–Crippen MR) is 181 cm³/mol. The molecule has 1 saturated heterocycles. The molecule has 1 aromatic carbocycles. The molecule has 2 rings (SSSR count). The summed E-state index contributed by atoms with van der Waals surface area (Å²) in [5, 5.41) is 5.97. The Hall–Kier alpha value is -2.98. The number of hydrogen-bond acceptors (Lipinski definition) is 6. The quantitative estimate of drug-likeness (QED) is 0.260. The lowest BCUT2D eigenvalue weighted by molar-refractivity contribution is -0.147. The van der Waals surface area contributed by atoms with Crippen molar-refractivity contribution < 1.29 is 28.7 Å². The van der Waals surface area contributed by atoms with Gasteiger partial charge in [-0.2, -0.15) is 0 Å². The molecule has 4 amide bonds. The third-order valence-corrected chi connectivity index (χ3v) is 10.00. The van der Waals surface area contributed by atoms with Crippen LogP contribution in [0.3, 0.4) is 0 Å². The minimum absolute atomic E-state index is 0.0296. The summed E-state index contributed by atoms with van der Waals surface area (Å²) in [5.74, 6) is -1.11. The highest BCUT2D eigenvalue weighted by Gasteiger charge is 2.43. The molecule has 0 spiro atoms. The molecule has 46 heavy (non-hydrogen) atoms. The molecule has 10 heteroatoms. The first kappa shape index (κ1) is 39.2. The van der Waals surface area contributed by atoms with Crippen LogP contribution in [0.15, 0.2) is 30.3 Å². The SMILES string of the molecule is CCC(C)C(C(CC(=O)N1CCCC1C(OC)C(C)C(=O)NC(C)C(C)c1ccccc1)OC)N(C)C(=O)C(NC(C)=O)C(C)C. The Morgan fingerprint density at radius 1 is 0.978 bits per heavy atom. The summed E-state index contributed by atoms with van der Waals surface area (Å²) in [7, 11) is 4.90. The molecule has 1 aromatic rings. The van der Waals surface area contributed by atoms with Gasteiger partial charge in [-0.3, -0.25) is 19.2 Å². The van der Waals surface area contributed by atoms with Gasteiger partial charge in [-0.15, -0.1) is 0 Å². The molecule has 0 saturated carbocycles. The molecule has 0 aliphatic carbocycles. The largest absolute Gasteiger partial charge is 0.379 e. The zero-order valence-corrected chi connectivity index (χ0v) is 30.0. The van der Waals surface area contributed by atoms with Crippen LogP contribution < -0.4 is 10.6 Å². The lowest BCUT2D eigenvalue weighted by atomic mass is 9.89. The van der Waals surface area contributed by atoms with Crippen LogP contribution in [-0.2, 0) is 28.7 Å². The fourth-order valence-corrected chi connectivity index (χ4v) is 6.78. The van der Waals surface area contributed by atoms with Gasteiger partial charge in [0, 0.05) is 46.7 Å². The number of hydrogen-bond donors (Lipinski definition) is 2. The first-order valence-corrected chi connectivity index (χ1v) is 16.9. The number of rotatable bonds is 17. The maximum atomic E-state index is 14.0. The highest BCUT2D eigenvalue weighted by Crippen LogP contribution is 2.30. The van der Waals surface area contributed by atoms with Crippen molar-refractivity contribution in [2.45, 2.75) is 123 Å². The van der Waals surface area contributed by atoms with Gasteiger partial charge in [-0.05, 0) is 37.2 Å². The highest BCUT2D eigenvalue weighted by atomic mass is 16.5. The molecular formula is C36H60N4O6. The Morgan fingerprint density at radius 3 is 2.13 bits per heavy atom. The number of likely N-dealkylation sites (tertiary alicyclic amines) is 1. The lowest BCUT2D eigenvalue weighted by Gasteiger charge is -2.40. The Labute approximate surface area is 277 Å². The van der Waals surface area contributed by atoms with E-state index in [2.05, 4.69) is 29.7 Å². The van der Waals surface area contributed by atoms with Gasteiger partial charge in [-0.1, -0.05) is 78.3 Å². The third kappa shape index (κ3) is 10.0. The lowest BCUT2D eigenvalue weighted by Crippen LogP contribution is -2.57. The average molecular weight is 645 g/mol. The standard InChI is InChI=1S/C36H60N4O6/c1-12-23(4)33(39(9)36(44)32(22(2)3)38-27(8)41)30(45-10)21-31(42)40-20-16-19-29(40)34(46-11)25(6)35(43)37-26(7)24(5)28-17-14-13-15-18-28/h13-15,17-18,22-26,29-30,32-34H,12,16,19-21H2,1-11H3,(H,37,43)(H,38,41). The van der Waals surface area contributed by atoms with E-state index in [-0.39, 0.29) is 59.9 Å². The van der Waals surface area contributed by atoms with E-state index in [1.807, 2.05) is 64.6 Å². The molecule has 0 aromatic heterocycles. The van der Waals surface area contributed by atoms with Crippen LogP contribution in [0.2, 0.25) is 0 Å². The maximum Gasteiger partial charge on any atom is 0.245 e. The number of ether oxygens (including phenoxy) is 2. The summed E-state index contributed by atoms with van der Waals surface area (Å²) in [5.41, 5.74) is 1.16. The van der Waals surface area contributed by atoms with Gasteiger partial charge in [0.25, 0.3) is 0 Å². The van der Waals surface area contributed by atoms with Crippen molar-refractivity contribution in [1.82, 2.24) is 20.4 Å². The molecule has 1 aliphatic heterocycles. The number of benzene rings is 1. The normalized spacial score (nSPS) is 20.2. The van der Waals surface area contributed by atoms with E-state index in [9.17, 15) is 19.2 Å². The smallest absolute Gasteiger partial charge is 0.245 e. The van der Waals surface area contributed by atoms with E-state index in [4.69, 9.17) is 9.47 Å². The first-order chi connectivity index (χ1) is 21.7. The molecule has 2 N–H and O–H groups in total. The number of carbonyl (C=O) groups is 4. The van der Waals surface area contributed by atoms with Crippen molar-refractivity contribution in [2.24, 2.45) is 17.8 Å². The molecule has 9 atom stereocenters. The fourth-order valence-electron chi connectivity index (χ4n) is 6.78. The van der Waals surface area contributed by atoms with Gasteiger partial charge in [0.1, 0.15) is 6.04 Å². The summed E-state index contributed by atoms with van der Waals surface area (Å²) >= 11 is 0. The van der Waals surface area contributed by atoms with Crippen molar-refractivity contribution in [2.75, 3.05) is 27.8 Å². The van der Waals surface area contributed by atoms with Crippen molar-refractivity contribution >= 4 is 23.6 Å². The Morgan fingerprint density at radius 2 is 1.61 bits per heavy atom. The minimum atomic E-state index is -0.682. The number of likely N-dealkylation sites (N-methyl/N-ethyl adjacent to an activating group) is 1. The first-order valence-electron chi connectivity index (χ1n) is 16.9. The number of carbonyl (C=O) groups excluding carboxylic acids is 4. The van der Waals surface area contributed by atoms with E-state index in [0.717, 1.165) is 24.8 Å². The number of nitrogens with one attached hydrogen (secondary N) is 2. The molecule has 0 bridgehead atoms. The number of amides is 4. The van der Waals surface area contributed by atoms with E-state index >= 15 is 0 Å². The second-order valence-electron chi connectivity index (χ2n) is 13.5.